The lowest BCUT2D eigenvalue weighted by atomic mass is 9.90. The molecule has 1 heterocycles. The molecule has 1 aromatic rings. The highest BCUT2D eigenvalue weighted by Gasteiger charge is 2.32. The van der Waals surface area contributed by atoms with E-state index in [1.54, 1.807) is 24.3 Å². The van der Waals surface area contributed by atoms with Crippen molar-refractivity contribution >= 4 is 17.4 Å². The molecule has 1 fully saturated rings. The molecule has 0 radical (unpaired) electrons. The Morgan fingerprint density at radius 1 is 1.32 bits per heavy atom. The maximum absolute atomic E-state index is 12.0. The number of rotatable bonds is 6. The Bertz CT molecular complexity index is 541. The maximum atomic E-state index is 12.0. The second kappa shape index (κ2) is 7.03. The largest absolute Gasteiger partial charge is 0.330 e. The summed E-state index contributed by atoms with van der Waals surface area (Å²) in [4.78, 5) is 25.5. The van der Waals surface area contributed by atoms with Gasteiger partial charge in [0, 0.05) is 30.8 Å². The molecular formula is C17H25N3O2. The van der Waals surface area contributed by atoms with Gasteiger partial charge in [-0.05, 0) is 56.1 Å². The van der Waals surface area contributed by atoms with Crippen LogP contribution in [0.2, 0.25) is 0 Å². The molecule has 22 heavy (non-hydrogen) atoms. The van der Waals surface area contributed by atoms with E-state index in [0.717, 1.165) is 31.7 Å². The van der Waals surface area contributed by atoms with E-state index >= 15 is 0 Å². The lowest BCUT2D eigenvalue weighted by Gasteiger charge is -2.22. The van der Waals surface area contributed by atoms with Crippen molar-refractivity contribution in [1.29, 1.82) is 0 Å². The molecule has 5 nitrogen and oxygen atoms in total. The first kappa shape index (κ1) is 16.6. The fraction of sp³-hybridized carbons (Fsp3) is 0.529. The fourth-order valence-electron chi connectivity index (χ4n) is 2.75. The van der Waals surface area contributed by atoms with Gasteiger partial charge in [-0.25, -0.2) is 0 Å². The summed E-state index contributed by atoms with van der Waals surface area (Å²) < 4.78 is 0. The topological polar surface area (TPSA) is 75.4 Å². The van der Waals surface area contributed by atoms with E-state index in [4.69, 9.17) is 5.73 Å². The first-order chi connectivity index (χ1) is 10.4. The van der Waals surface area contributed by atoms with E-state index in [-0.39, 0.29) is 17.1 Å². The third kappa shape index (κ3) is 4.39. The van der Waals surface area contributed by atoms with E-state index in [9.17, 15) is 9.59 Å². The summed E-state index contributed by atoms with van der Waals surface area (Å²) >= 11 is 0. The zero-order chi connectivity index (χ0) is 16.2. The van der Waals surface area contributed by atoms with Gasteiger partial charge in [-0.3, -0.25) is 9.59 Å². The van der Waals surface area contributed by atoms with Gasteiger partial charge in [0.25, 0.3) is 0 Å². The van der Waals surface area contributed by atoms with Gasteiger partial charge in [-0.15, -0.1) is 0 Å². The summed E-state index contributed by atoms with van der Waals surface area (Å²) in [7, 11) is 0. The van der Waals surface area contributed by atoms with Crippen molar-refractivity contribution in [3.63, 3.8) is 0 Å². The minimum absolute atomic E-state index is 0.00285. The highest BCUT2D eigenvalue weighted by Crippen LogP contribution is 2.28. The maximum Gasteiger partial charge on any atom is 0.225 e. The van der Waals surface area contributed by atoms with Crippen LogP contribution < -0.4 is 11.1 Å². The Morgan fingerprint density at radius 2 is 2.00 bits per heavy atom. The number of nitrogens with two attached hydrogens (primary N) is 1. The molecule has 0 aromatic heterocycles. The molecule has 1 atom stereocenters. The lowest BCUT2D eigenvalue weighted by Crippen LogP contribution is -2.32. The Morgan fingerprint density at radius 3 is 2.55 bits per heavy atom. The van der Waals surface area contributed by atoms with Crippen molar-refractivity contribution in [2.75, 3.05) is 31.5 Å². The van der Waals surface area contributed by atoms with Crippen molar-refractivity contribution in [3.05, 3.63) is 29.8 Å². The highest BCUT2D eigenvalue weighted by molar-refractivity contribution is 5.95. The van der Waals surface area contributed by atoms with Gasteiger partial charge in [0.05, 0.1) is 0 Å². The Balaban J connectivity index is 1.77. The fourth-order valence-corrected chi connectivity index (χ4v) is 2.75. The molecule has 1 aliphatic heterocycles. The van der Waals surface area contributed by atoms with Crippen molar-refractivity contribution in [3.8, 4) is 0 Å². The number of benzene rings is 1. The molecular weight excluding hydrogens is 278 g/mol. The Hall–Kier alpha value is -1.72. The van der Waals surface area contributed by atoms with Crippen LogP contribution >= 0.6 is 0 Å². The lowest BCUT2D eigenvalue weighted by molar-refractivity contribution is -0.116. The number of nitrogens with zero attached hydrogens (tertiary/aromatic N) is 1. The van der Waals surface area contributed by atoms with Crippen LogP contribution in [0, 0.1) is 5.41 Å². The van der Waals surface area contributed by atoms with Crippen LogP contribution in [-0.4, -0.2) is 42.8 Å². The van der Waals surface area contributed by atoms with E-state index < -0.39 is 0 Å². The van der Waals surface area contributed by atoms with E-state index in [2.05, 4.69) is 17.1 Å². The standard InChI is InChI=1S/C17H25N3O2/c1-13(21)14-3-5-15(6-4-14)19-16(22)7-9-20-10-8-17(2,11-18)12-20/h3-6H,7-12,18H2,1-2H3,(H,19,22). The first-order valence-electron chi connectivity index (χ1n) is 7.75. The van der Waals surface area contributed by atoms with Crippen molar-refractivity contribution in [2.24, 2.45) is 11.1 Å². The molecule has 0 saturated carbocycles. The quantitative estimate of drug-likeness (QED) is 0.787. The number of amides is 1. The van der Waals surface area contributed by atoms with Gasteiger partial charge in [-0.2, -0.15) is 0 Å². The van der Waals surface area contributed by atoms with Crippen LogP contribution in [0.5, 0.6) is 0 Å². The summed E-state index contributed by atoms with van der Waals surface area (Å²) in [5.74, 6) is 0.0202. The highest BCUT2D eigenvalue weighted by atomic mass is 16.1. The van der Waals surface area contributed by atoms with E-state index in [1.807, 2.05) is 0 Å². The summed E-state index contributed by atoms with van der Waals surface area (Å²) in [6.45, 7) is 7.14. The van der Waals surface area contributed by atoms with Crippen LogP contribution in [0.3, 0.4) is 0 Å². The van der Waals surface area contributed by atoms with Gasteiger partial charge in [0.2, 0.25) is 5.91 Å². The third-order valence-electron chi connectivity index (χ3n) is 4.36. The van der Waals surface area contributed by atoms with Gasteiger partial charge in [-0.1, -0.05) is 6.92 Å². The summed E-state index contributed by atoms with van der Waals surface area (Å²) in [5, 5.41) is 2.87. The monoisotopic (exact) mass is 303 g/mol. The number of hydrogen-bond donors (Lipinski definition) is 2. The third-order valence-corrected chi connectivity index (χ3v) is 4.36. The molecule has 1 aliphatic rings. The first-order valence-corrected chi connectivity index (χ1v) is 7.75. The predicted octanol–water partition coefficient (Wildman–Crippen LogP) is 1.89. The van der Waals surface area contributed by atoms with Crippen LogP contribution in [0.25, 0.3) is 0 Å². The molecule has 1 saturated heterocycles. The minimum Gasteiger partial charge on any atom is -0.330 e. The number of hydrogen-bond acceptors (Lipinski definition) is 4. The van der Waals surface area contributed by atoms with Crippen LogP contribution in [-0.2, 0) is 4.79 Å². The Kier molecular flexibility index (Phi) is 5.32. The molecule has 1 amide bonds. The molecule has 1 aromatic carbocycles. The summed E-state index contributed by atoms with van der Waals surface area (Å²) in [6, 6.07) is 6.97. The van der Waals surface area contributed by atoms with Gasteiger partial charge in [0.1, 0.15) is 0 Å². The molecule has 5 heteroatoms. The van der Waals surface area contributed by atoms with Gasteiger partial charge in [0.15, 0.2) is 5.78 Å². The number of carbonyl (C=O) groups is 2. The van der Waals surface area contributed by atoms with Crippen LogP contribution in [0.4, 0.5) is 5.69 Å². The van der Waals surface area contributed by atoms with Crippen molar-refractivity contribution < 1.29 is 9.59 Å². The zero-order valence-electron chi connectivity index (χ0n) is 13.4. The number of Topliss-reactive ketones (excluding diaryl/α,β-unsaturated/α-hetero) is 1. The average molecular weight is 303 g/mol. The molecule has 3 N–H and O–H groups in total. The molecule has 1 unspecified atom stereocenters. The Labute approximate surface area is 131 Å². The van der Waals surface area contributed by atoms with E-state index in [0.29, 0.717) is 18.5 Å². The molecule has 0 spiro atoms. The minimum atomic E-state index is -0.00285. The number of ketones is 1. The predicted molar refractivity (Wildman–Crippen MR) is 87.9 cm³/mol. The average Bonchev–Trinajstić information content (AvgIpc) is 2.88. The number of carbonyl (C=O) groups excluding carboxylic acids is 2. The molecule has 2 rings (SSSR count). The molecule has 0 aliphatic carbocycles. The second-order valence-corrected chi connectivity index (χ2v) is 6.47. The van der Waals surface area contributed by atoms with Crippen LogP contribution in [0.1, 0.15) is 37.0 Å². The van der Waals surface area contributed by atoms with Gasteiger partial charge >= 0.3 is 0 Å². The summed E-state index contributed by atoms with van der Waals surface area (Å²) in [6.07, 6.45) is 1.56. The molecule has 0 bridgehead atoms. The SMILES string of the molecule is CC(=O)c1ccc(NC(=O)CCN2CCC(C)(CN)C2)cc1. The van der Waals surface area contributed by atoms with Gasteiger partial charge < -0.3 is 16.0 Å². The molecule has 120 valence electrons. The van der Waals surface area contributed by atoms with Crippen molar-refractivity contribution in [2.45, 2.75) is 26.7 Å². The van der Waals surface area contributed by atoms with E-state index in [1.165, 1.54) is 6.92 Å². The van der Waals surface area contributed by atoms with Crippen molar-refractivity contribution in [1.82, 2.24) is 4.90 Å². The zero-order valence-corrected chi connectivity index (χ0v) is 13.4. The number of nitrogens with one attached hydrogen (secondary N) is 1. The summed E-state index contributed by atoms with van der Waals surface area (Å²) in [5.41, 5.74) is 7.36. The number of likely N-dealkylation sites (tertiary alicyclic amines) is 1. The second-order valence-electron chi connectivity index (χ2n) is 6.47. The normalized spacial score (nSPS) is 21.8. The smallest absolute Gasteiger partial charge is 0.225 e. The van der Waals surface area contributed by atoms with Crippen LogP contribution in [0.15, 0.2) is 24.3 Å². The number of anilines is 1.